The SMILES string of the molecule is CC(C)CSC1CCN(C(C(=O)C2CC2)c2ccccc2F)C/C1=C\c1csnn1. The van der Waals surface area contributed by atoms with Crippen LogP contribution in [0.5, 0.6) is 0 Å². The van der Waals surface area contributed by atoms with E-state index in [0.29, 0.717) is 23.3 Å². The number of aromatic nitrogens is 2. The summed E-state index contributed by atoms with van der Waals surface area (Å²) >= 11 is 3.32. The summed E-state index contributed by atoms with van der Waals surface area (Å²) in [5.41, 5.74) is 2.63. The lowest BCUT2D eigenvalue weighted by Gasteiger charge is -2.39. The van der Waals surface area contributed by atoms with Crippen molar-refractivity contribution < 1.29 is 9.18 Å². The van der Waals surface area contributed by atoms with Crippen LogP contribution >= 0.6 is 23.3 Å². The number of halogens is 1. The average Bonchev–Trinajstić information content (AvgIpc) is 3.46. The lowest BCUT2D eigenvalue weighted by atomic mass is 9.93. The van der Waals surface area contributed by atoms with E-state index in [1.165, 1.54) is 23.2 Å². The molecule has 0 bridgehead atoms. The van der Waals surface area contributed by atoms with Gasteiger partial charge in [-0.25, -0.2) is 4.39 Å². The molecule has 1 saturated carbocycles. The minimum atomic E-state index is -0.508. The van der Waals surface area contributed by atoms with Crippen LogP contribution in [0.4, 0.5) is 4.39 Å². The van der Waals surface area contributed by atoms with Gasteiger partial charge >= 0.3 is 0 Å². The van der Waals surface area contributed by atoms with Gasteiger partial charge in [0, 0.05) is 35.2 Å². The number of carbonyl (C=O) groups excluding carboxylic acids is 1. The predicted octanol–water partition coefficient (Wildman–Crippen LogP) is 5.24. The minimum Gasteiger partial charge on any atom is -0.297 e. The topological polar surface area (TPSA) is 46.1 Å². The molecule has 2 aromatic rings. The molecule has 1 aromatic heterocycles. The van der Waals surface area contributed by atoms with Crippen LogP contribution in [0.1, 0.15) is 50.4 Å². The number of benzene rings is 1. The molecule has 7 heteroatoms. The van der Waals surface area contributed by atoms with Crippen LogP contribution in [0.25, 0.3) is 6.08 Å². The summed E-state index contributed by atoms with van der Waals surface area (Å²) in [5, 5.41) is 6.53. The first-order valence-corrected chi connectivity index (χ1v) is 12.5. The molecule has 1 aromatic carbocycles. The maximum atomic E-state index is 14.7. The molecule has 1 aliphatic heterocycles. The highest BCUT2D eigenvalue weighted by molar-refractivity contribution is 8.00. The van der Waals surface area contributed by atoms with Gasteiger partial charge in [0.2, 0.25) is 0 Å². The first-order valence-electron chi connectivity index (χ1n) is 10.6. The van der Waals surface area contributed by atoms with Gasteiger partial charge in [-0.2, -0.15) is 11.8 Å². The molecule has 1 saturated heterocycles. The van der Waals surface area contributed by atoms with Gasteiger partial charge in [0.15, 0.2) is 5.78 Å². The number of Topliss-reactive ketones (excluding diaryl/α,β-unsaturated/α-hetero) is 1. The maximum absolute atomic E-state index is 14.7. The van der Waals surface area contributed by atoms with Crippen LogP contribution in [-0.2, 0) is 4.79 Å². The second-order valence-corrected chi connectivity index (χ2v) is 10.5. The van der Waals surface area contributed by atoms with Crippen molar-refractivity contribution >= 4 is 35.2 Å². The molecule has 2 unspecified atom stereocenters. The van der Waals surface area contributed by atoms with Crippen molar-refractivity contribution in [3.8, 4) is 0 Å². The summed E-state index contributed by atoms with van der Waals surface area (Å²) in [6, 6.07) is 6.24. The summed E-state index contributed by atoms with van der Waals surface area (Å²) < 4.78 is 18.7. The summed E-state index contributed by atoms with van der Waals surface area (Å²) in [7, 11) is 0. The summed E-state index contributed by atoms with van der Waals surface area (Å²) in [5.74, 6) is 1.68. The van der Waals surface area contributed by atoms with Gasteiger partial charge in [-0.3, -0.25) is 9.69 Å². The zero-order chi connectivity index (χ0) is 21.1. The third-order valence-corrected chi connectivity index (χ3v) is 7.96. The first kappa shape index (κ1) is 21.7. The Bertz CT molecular complexity index is 896. The van der Waals surface area contributed by atoms with Crippen LogP contribution in [0.3, 0.4) is 0 Å². The Morgan fingerprint density at radius 1 is 1.33 bits per heavy atom. The third-order valence-electron chi connectivity index (χ3n) is 5.63. The number of nitrogens with zero attached hydrogens (tertiary/aromatic N) is 3. The number of carbonyl (C=O) groups is 1. The van der Waals surface area contributed by atoms with E-state index in [9.17, 15) is 9.18 Å². The largest absolute Gasteiger partial charge is 0.297 e. The van der Waals surface area contributed by atoms with E-state index in [-0.39, 0.29) is 17.5 Å². The van der Waals surface area contributed by atoms with Gasteiger partial charge in [-0.1, -0.05) is 36.5 Å². The quantitative estimate of drug-likeness (QED) is 0.556. The first-order chi connectivity index (χ1) is 14.5. The van der Waals surface area contributed by atoms with E-state index in [0.717, 1.165) is 37.3 Å². The number of likely N-dealkylation sites (tertiary alicyclic amines) is 1. The molecule has 30 heavy (non-hydrogen) atoms. The summed E-state index contributed by atoms with van der Waals surface area (Å²) in [6.07, 6.45) is 4.92. The summed E-state index contributed by atoms with van der Waals surface area (Å²) in [6.45, 7) is 5.92. The second kappa shape index (κ2) is 9.71. The normalized spacial score (nSPS) is 22.5. The fourth-order valence-corrected chi connectivity index (χ4v) is 5.64. The number of piperidine rings is 1. The van der Waals surface area contributed by atoms with Crippen LogP contribution < -0.4 is 0 Å². The number of hydrogen-bond donors (Lipinski definition) is 0. The zero-order valence-corrected chi connectivity index (χ0v) is 19.1. The molecule has 0 radical (unpaired) electrons. The molecule has 2 atom stereocenters. The van der Waals surface area contributed by atoms with E-state index in [2.05, 4.69) is 34.4 Å². The molecule has 160 valence electrons. The monoisotopic (exact) mass is 445 g/mol. The smallest absolute Gasteiger partial charge is 0.157 e. The molecule has 4 nitrogen and oxygen atoms in total. The van der Waals surface area contributed by atoms with Crippen molar-refractivity contribution in [3.63, 3.8) is 0 Å². The molecule has 0 N–H and O–H groups in total. The van der Waals surface area contributed by atoms with Crippen molar-refractivity contribution in [3.05, 3.63) is 52.3 Å². The van der Waals surface area contributed by atoms with Crippen molar-refractivity contribution in [2.45, 2.75) is 44.4 Å². The van der Waals surface area contributed by atoms with Gasteiger partial charge < -0.3 is 0 Å². The number of hydrogen-bond acceptors (Lipinski definition) is 6. The molecular formula is C23H28FN3OS2. The van der Waals surface area contributed by atoms with Crippen LogP contribution in [0, 0.1) is 17.7 Å². The highest BCUT2D eigenvalue weighted by Gasteiger charge is 2.41. The highest BCUT2D eigenvalue weighted by Crippen LogP contribution is 2.40. The zero-order valence-electron chi connectivity index (χ0n) is 17.5. The number of rotatable bonds is 8. The Morgan fingerprint density at radius 2 is 2.13 bits per heavy atom. The fourth-order valence-electron chi connectivity index (χ4n) is 3.98. The Labute approximate surface area is 186 Å². The molecule has 2 heterocycles. The van der Waals surface area contributed by atoms with Crippen molar-refractivity contribution in [1.82, 2.24) is 14.5 Å². The van der Waals surface area contributed by atoms with Gasteiger partial charge in [0.05, 0.1) is 11.7 Å². The molecule has 1 aliphatic carbocycles. The highest BCUT2D eigenvalue weighted by atomic mass is 32.2. The van der Waals surface area contributed by atoms with Gasteiger partial charge in [0.1, 0.15) is 5.82 Å². The van der Waals surface area contributed by atoms with E-state index in [1.807, 2.05) is 23.2 Å². The van der Waals surface area contributed by atoms with E-state index in [4.69, 9.17) is 0 Å². The van der Waals surface area contributed by atoms with Crippen LogP contribution in [-0.4, -0.2) is 44.4 Å². The van der Waals surface area contributed by atoms with Crippen molar-refractivity contribution in [2.24, 2.45) is 11.8 Å². The van der Waals surface area contributed by atoms with Crippen molar-refractivity contribution in [2.75, 3.05) is 18.8 Å². The van der Waals surface area contributed by atoms with Crippen LogP contribution in [0.15, 0.2) is 35.2 Å². The molecule has 4 rings (SSSR count). The molecular weight excluding hydrogens is 417 g/mol. The van der Waals surface area contributed by atoms with E-state index < -0.39 is 6.04 Å². The Morgan fingerprint density at radius 3 is 2.80 bits per heavy atom. The third kappa shape index (κ3) is 5.18. The standard InChI is InChI=1S/C23H28FN3OS2/c1-15(2)13-29-21-9-10-27(12-17(21)11-18-14-30-26-25-18)22(23(28)16-7-8-16)19-5-3-4-6-20(19)24/h3-6,11,14-16,21-22H,7-10,12-13H2,1-2H3/b17-11+. The fraction of sp³-hybridized carbons (Fsp3) is 0.522. The second-order valence-electron chi connectivity index (χ2n) is 8.62. The van der Waals surface area contributed by atoms with Gasteiger partial charge in [-0.15, -0.1) is 5.10 Å². The lowest BCUT2D eigenvalue weighted by molar-refractivity contribution is -0.126. The Hall–Kier alpha value is -1.57. The lowest BCUT2D eigenvalue weighted by Crippen LogP contribution is -2.43. The maximum Gasteiger partial charge on any atom is 0.157 e. The van der Waals surface area contributed by atoms with Gasteiger partial charge in [-0.05, 0) is 60.2 Å². The predicted molar refractivity (Wildman–Crippen MR) is 122 cm³/mol. The average molecular weight is 446 g/mol. The Kier molecular flexibility index (Phi) is 7.01. The number of ketones is 1. The number of thioether (sulfide) groups is 1. The minimum absolute atomic E-state index is 0.0813. The summed E-state index contributed by atoms with van der Waals surface area (Å²) in [4.78, 5) is 15.4. The molecule has 0 amide bonds. The molecule has 2 aliphatic rings. The van der Waals surface area contributed by atoms with Crippen molar-refractivity contribution in [1.29, 1.82) is 0 Å². The van der Waals surface area contributed by atoms with E-state index >= 15 is 0 Å². The van der Waals surface area contributed by atoms with Gasteiger partial charge in [0.25, 0.3) is 0 Å². The van der Waals surface area contributed by atoms with E-state index in [1.54, 1.807) is 12.1 Å². The van der Waals surface area contributed by atoms with Crippen LogP contribution in [0.2, 0.25) is 0 Å². The molecule has 0 spiro atoms. The Balaban J connectivity index is 1.62. The molecule has 2 fully saturated rings.